The van der Waals surface area contributed by atoms with Crippen LogP contribution in [0.25, 0.3) is 0 Å². The monoisotopic (exact) mass is 347 g/mol. The van der Waals surface area contributed by atoms with Gasteiger partial charge < -0.3 is 14.8 Å². The van der Waals surface area contributed by atoms with E-state index in [2.05, 4.69) is 5.32 Å². The smallest absolute Gasteiger partial charge is 0.328 e. The van der Waals surface area contributed by atoms with Crippen molar-refractivity contribution in [3.8, 4) is 5.75 Å². The van der Waals surface area contributed by atoms with Gasteiger partial charge in [0.15, 0.2) is 0 Å². The number of halogens is 1. The molecule has 0 bridgehead atoms. The van der Waals surface area contributed by atoms with Gasteiger partial charge in [-0.3, -0.25) is 4.79 Å². The Hall–Kier alpha value is -2.53. The molecule has 0 saturated heterocycles. The van der Waals surface area contributed by atoms with E-state index >= 15 is 0 Å². The number of ether oxygens (including phenoxy) is 2. The first-order chi connectivity index (χ1) is 11.5. The van der Waals surface area contributed by atoms with E-state index in [0.717, 1.165) is 5.56 Å². The Labute approximate surface area is 145 Å². The molecule has 2 rings (SSSR count). The van der Waals surface area contributed by atoms with Crippen LogP contribution in [0.5, 0.6) is 5.75 Å². The number of carbonyl (C=O) groups is 2. The second-order valence-corrected chi connectivity index (χ2v) is 5.55. The first-order valence-corrected chi connectivity index (χ1v) is 7.68. The van der Waals surface area contributed by atoms with E-state index in [1.807, 2.05) is 24.3 Å². The Morgan fingerprint density at radius 3 is 2.46 bits per heavy atom. The van der Waals surface area contributed by atoms with Crippen LogP contribution >= 0.6 is 11.6 Å². The molecule has 1 amide bonds. The number of nitrogens with one attached hydrogen (secondary N) is 1. The van der Waals surface area contributed by atoms with Crippen LogP contribution in [-0.4, -0.2) is 32.1 Å². The van der Waals surface area contributed by atoms with Gasteiger partial charge in [0, 0.05) is 17.0 Å². The van der Waals surface area contributed by atoms with Crippen molar-refractivity contribution >= 4 is 23.5 Å². The molecule has 0 aliphatic heterocycles. The molecule has 0 fully saturated rings. The van der Waals surface area contributed by atoms with E-state index < -0.39 is 12.0 Å². The minimum atomic E-state index is -0.801. The molecule has 1 atom stereocenters. The van der Waals surface area contributed by atoms with Gasteiger partial charge in [-0.1, -0.05) is 23.7 Å². The number of methoxy groups -OCH3 is 2. The highest BCUT2D eigenvalue weighted by Crippen LogP contribution is 2.15. The molecule has 1 N–H and O–H groups in total. The average Bonchev–Trinajstić information content (AvgIpc) is 2.61. The van der Waals surface area contributed by atoms with Gasteiger partial charge in [0.05, 0.1) is 14.2 Å². The normalized spacial score (nSPS) is 11.5. The summed E-state index contributed by atoms with van der Waals surface area (Å²) >= 11 is 5.81. The Morgan fingerprint density at radius 2 is 1.83 bits per heavy atom. The average molecular weight is 348 g/mol. The van der Waals surface area contributed by atoms with E-state index in [0.29, 0.717) is 22.8 Å². The molecule has 24 heavy (non-hydrogen) atoms. The maximum Gasteiger partial charge on any atom is 0.328 e. The summed E-state index contributed by atoms with van der Waals surface area (Å²) in [6, 6.07) is 12.9. The third kappa shape index (κ3) is 4.73. The predicted octanol–water partition coefficient (Wildman–Crippen LogP) is 2.86. The summed E-state index contributed by atoms with van der Waals surface area (Å²) in [6.45, 7) is 0. The lowest BCUT2D eigenvalue weighted by atomic mass is 10.0. The van der Waals surface area contributed by atoms with Gasteiger partial charge in [-0.05, 0) is 42.0 Å². The molecule has 0 aromatic heterocycles. The van der Waals surface area contributed by atoms with E-state index in [-0.39, 0.29) is 5.91 Å². The third-order valence-electron chi connectivity index (χ3n) is 3.47. The summed E-state index contributed by atoms with van der Waals surface area (Å²) in [5, 5.41) is 3.23. The van der Waals surface area contributed by atoms with Gasteiger partial charge in [-0.25, -0.2) is 4.79 Å². The van der Waals surface area contributed by atoms with Crippen molar-refractivity contribution in [1.29, 1.82) is 0 Å². The van der Waals surface area contributed by atoms with Crippen molar-refractivity contribution in [3.05, 3.63) is 64.7 Å². The second-order valence-electron chi connectivity index (χ2n) is 5.11. The zero-order valence-corrected chi connectivity index (χ0v) is 14.2. The molecule has 0 aliphatic carbocycles. The first kappa shape index (κ1) is 17.8. The molecule has 0 unspecified atom stereocenters. The van der Waals surface area contributed by atoms with Crippen LogP contribution in [0.15, 0.2) is 48.5 Å². The lowest BCUT2D eigenvalue weighted by Gasteiger charge is -2.17. The standard InChI is InChI=1S/C18H18ClNO4/c1-23-15-5-3-4-12(10-15)11-16(18(22)24-2)20-17(21)13-6-8-14(19)9-7-13/h3-10,16H,11H2,1-2H3,(H,20,21)/t16-/m1/s1. The molecule has 5 nitrogen and oxygen atoms in total. The van der Waals surface area contributed by atoms with Crippen molar-refractivity contribution in [3.63, 3.8) is 0 Å². The highest BCUT2D eigenvalue weighted by atomic mass is 35.5. The Bertz CT molecular complexity index is 715. The van der Waals surface area contributed by atoms with Crippen LogP contribution in [0.3, 0.4) is 0 Å². The van der Waals surface area contributed by atoms with Gasteiger partial charge in [-0.15, -0.1) is 0 Å². The summed E-state index contributed by atoms with van der Waals surface area (Å²) in [7, 11) is 2.86. The SMILES string of the molecule is COC(=O)[C@@H](Cc1cccc(OC)c1)NC(=O)c1ccc(Cl)cc1. The fraction of sp³-hybridized carbons (Fsp3) is 0.222. The summed E-state index contributed by atoms with van der Waals surface area (Å²) < 4.78 is 9.96. The van der Waals surface area contributed by atoms with Crippen LogP contribution < -0.4 is 10.1 Å². The Morgan fingerprint density at radius 1 is 1.12 bits per heavy atom. The summed E-state index contributed by atoms with van der Waals surface area (Å²) in [4.78, 5) is 24.3. The number of hydrogen-bond acceptors (Lipinski definition) is 4. The molecule has 2 aromatic carbocycles. The molecule has 0 saturated carbocycles. The quantitative estimate of drug-likeness (QED) is 0.816. The van der Waals surface area contributed by atoms with Gasteiger partial charge in [0.1, 0.15) is 11.8 Å². The molecular weight excluding hydrogens is 330 g/mol. The predicted molar refractivity (Wildman–Crippen MR) is 91.4 cm³/mol. The first-order valence-electron chi connectivity index (χ1n) is 7.30. The van der Waals surface area contributed by atoms with E-state index in [1.54, 1.807) is 31.4 Å². The largest absolute Gasteiger partial charge is 0.497 e. The van der Waals surface area contributed by atoms with E-state index in [9.17, 15) is 9.59 Å². The van der Waals surface area contributed by atoms with Crippen molar-refractivity contribution < 1.29 is 19.1 Å². The van der Waals surface area contributed by atoms with Crippen LogP contribution in [0.2, 0.25) is 5.02 Å². The number of rotatable bonds is 6. The zero-order valence-electron chi connectivity index (χ0n) is 13.4. The van der Waals surface area contributed by atoms with Crippen molar-refractivity contribution in [1.82, 2.24) is 5.32 Å². The molecule has 2 aromatic rings. The number of esters is 1. The highest BCUT2D eigenvalue weighted by Gasteiger charge is 2.22. The minimum Gasteiger partial charge on any atom is -0.497 e. The summed E-state index contributed by atoms with van der Waals surface area (Å²) in [6.07, 6.45) is 0.295. The molecule has 126 valence electrons. The molecular formula is C18H18ClNO4. The fourth-order valence-electron chi connectivity index (χ4n) is 2.21. The summed E-state index contributed by atoms with van der Waals surface area (Å²) in [5.41, 5.74) is 1.26. The molecule has 0 radical (unpaired) electrons. The van der Waals surface area contributed by atoms with Gasteiger partial charge in [0.25, 0.3) is 5.91 Å². The number of benzene rings is 2. The molecule has 0 spiro atoms. The van der Waals surface area contributed by atoms with Crippen LogP contribution in [-0.2, 0) is 16.0 Å². The minimum absolute atomic E-state index is 0.295. The van der Waals surface area contributed by atoms with Gasteiger partial charge >= 0.3 is 5.97 Å². The lowest BCUT2D eigenvalue weighted by molar-refractivity contribution is -0.142. The highest BCUT2D eigenvalue weighted by molar-refractivity contribution is 6.30. The van der Waals surface area contributed by atoms with Crippen molar-refractivity contribution in [2.45, 2.75) is 12.5 Å². The Balaban J connectivity index is 2.14. The third-order valence-corrected chi connectivity index (χ3v) is 3.72. The molecule has 6 heteroatoms. The number of carbonyl (C=O) groups excluding carboxylic acids is 2. The molecule has 0 heterocycles. The van der Waals surface area contributed by atoms with Crippen LogP contribution in [0, 0.1) is 0 Å². The second kappa shape index (κ2) is 8.36. The summed E-state index contributed by atoms with van der Waals surface area (Å²) in [5.74, 6) is -0.203. The van der Waals surface area contributed by atoms with E-state index in [4.69, 9.17) is 21.1 Å². The Kier molecular flexibility index (Phi) is 6.21. The van der Waals surface area contributed by atoms with Crippen molar-refractivity contribution in [2.75, 3.05) is 14.2 Å². The maximum atomic E-state index is 12.3. The number of hydrogen-bond donors (Lipinski definition) is 1. The van der Waals surface area contributed by atoms with Crippen molar-refractivity contribution in [2.24, 2.45) is 0 Å². The zero-order chi connectivity index (χ0) is 17.5. The van der Waals surface area contributed by atoms with Crippen LogP contribution in [0.1, 0.15) is 15.9 Å². The molecule has 0 aliphatic rings. The topological polar surface area (TPSA) is 64.6 Å². The lowest BCUT2D eigenvalue weighted by Crippen LogP contribution is -2.43. The number of amides is 1. The van der Waals surface area contributed by atoms with Gasteiger partial charge in [-0.2, -0.15) is 0 Å². The maximum absolute atomic E-state index is 12.3. The van der Waals surface area contributed by atoms with Crippen LogP contribution in [0.4, 0.5) is 0 Å². The van der Waals surface area contributed by atoms with Gasteiger partial charge in [0.2, 0.25) is 0 Å². The fourth-order valence-corrected chi connectivity index (χ4v) is 2.34. The van der Waals surface area contributed by atoms with E-state index in [1.165, 1.54) is 7.11 Å².